The number of benzene rings is 2. The van der Waals surface area contributed by atoms with E-state index < -0.39 is 24.4 Å². The second-order valence-electron chi connectivity index (χ2n) is 6.02. The van der Waals surface area contributed by atoms with Crippen molar-refractivity contribution in [1.82, 2.24) is 0 Å². The highest BCUT2D eigenvalue weighted by Gasteiger charge is 2.12. The number of amides is 2. The Hall–Kier alpha value is -2.90. The standard InChI is InChI=1S/C20H18Cl2N2O5/c1-12(25)13-3-2-4-14(9-13)23-18(26)7-8-20(28)29-11-19(27)24-15-5-6-16(21)17(22)10-15/h2-6,9-10H,7-8,11H2,1H3,(H,23,26)(H,24,27). The van der Waals surface area contributed by atoms with Gasteiger partial charge >= 0.3 is 5.97 Å². The van der Waals surface area contributed by atoms with E-state index in [2.05, 4.69) is 10.6 Å². The lowest BCUT2D eigenvalue weighted by molar-refractivity contribution is -0.147. The Balaban J connectivity index is 1.72. The molecule has 2 rings (SSSR count). The molecule has 0 radical (unpaired) electrons. The Morgan fingerprint density at radius 1 is 0.862 bits per heavy atom. The van der Waals surface area contributed by atoms with Gasteiger partial charge in [0.2, 0.25) is 5.91 Å². The van der Waals surface area contributed by atoms with Crippen molar-refractivity contribution in [3.63, 3.8) is 0 Å². The largest absolute Gasteiger partial charge is 0.456 e. The normalized spacial score (nSPS) is 10.2. The van der Waals surface area contributed by atoms with Gasteiger partial charge in [-0.25, -0.2) is 0 Å². The minimum Gasteiger partial charge on any atom is -0.456 e. The summed E-state index contributed by atoms with van der Waals surface area (Å²) in [5, 5.41) is 5.74. The Labute approximate surface area is 177 Å². The van der Waals surface area contributed by atoms with Gasteiger partial charge in [0.1, 0.15) is 0 Å². The molecule has 0 atom stereocenters. The summed E-state index contributed by atoms with van der Waals surface area (Å²) in [4.78, 5) is 46.8. The fourth-order valence-corrected chi connectivity index (χ4v) is 2.54. The molecular formula is C20H18Cl2N2O5. The first-order valence-electron chi connectivity index (χ1n) is 8.56. The van der Waals surface area contributed by atoms with Crippen LogP contribution < -0.4 is 10.6 Å². The number of anilines is 2. The van der Waals surface area contributed by atoms with Crippen molar-refractivity contribution < 1.29 is 23.9 Å². The van der Waals surface area contributed by atoms with Crippen LogP contribution in [-0.2, 0) is 19.1 Å². The Morgan fingerprint density at radius 3 is 2.24 bits per heavy atom. The predicted octanol–water partition coefficient (Wildman–Crippen LogP) is 4.10. The number of halogens is 2. The number of hydrogen-bond acceptors (Lipinski definition) is 5. The van der Waals surface area contributed by atoms with E-state index in [0.29, 0.717) is 22.0 Å². The van der Waals surface area contributed by atoms with E-state index in [1.54, 1.807) is 30.3 Å². The van der Waals surface area contributed by atoms with Crippen LogP contribution in [0.1, 0.15) is 30.1 Å². The molecule has 29 heavy (non-hydrogen) atoms. The highest BCUT2D eigenvalue weighted by Crippen LogP contribution is 2.24. The molecule has 0 aliphatic carbocycles. The van der Waals surface area contributed by atoms with Crippen molar-refractivity contribution in [2.24, 2.45) is 0 Å². The molecule has 2 aromatic rings. The van der Waals surface area contributed by atoms with Crippen molar-refractivity contribution in [2.45, 2.75) is 19.8 Å². The van der Waals surface area contributed by atoms with Crippen molar-refractivity contribution in [2.75, 3.05) is 17.2 Å². The highest BCUT2D eigenvalue weighted by molar-refractivity contribution is 6.42. The predicted molar refractivity (Wildman–Crippen MR) is 110 cm³/mol. The van der Waals surface area contributed by atoms with E-state index in [4.69, 9.17) is 27.9 Å². The molecular weight excluding hydrogens is 419 g/mol. The summed E-state index contributed by atoms with van der Waals surface area (Å²) < 4.78 is 4.85. The zero-order valence-electron chi connectivity index (χ0n) is 15.5. The quantitative estimate of drug-likeness (QED) is 0.479. The Kier molecular flexibility index (Phi) is 8.18. The van der Waals surface area contributed by atoms with Crippen LogP contribution in [0.25, 0.3) is 0 Å². The molecule has 7 nitrogen and oxygen atoms in total. The van der Waals surface area contributed by atoms with Gasteiger partial charge < -0.3 is 15.4 Å². The van der Waals surface area contributed by atoms with Gasteiger partial charge in [-0.1, -0.05) is 35.3 Å². The van der Waals surface area contributed by atoms with E-state index >= 15 is 0 Å². The molecule has 2 aromatic carbocycles. The number of carbonyl (C=O) groups is 4. The summed E-state index contributed by atoms with van der Waals surface area (Å²) in [5.74, 6) is -1.78. The van der Waals surface area contributed by atoms with Crippen LogP contribution in [0, 0.1) is 0 Å². The first kappa shape index (κ1) is 22.4. The number of nitrogens with one attached hydrogen (secondary N) is 2. The molecule has 152 valence electrons. The molecule has 0 saturated heterocycles. The number of Topliss-reactive ketones (excluding diaryl/α,β-unsaturated/α-hetero) is 1. The van der Waals surface area contributed by atoms with Crippen LogP contribution >= 0.6 is 23.2 Å². The molecule has 0 spiro atoms. The third-order valence-electron chi connectivity index (χ3n) is 3.68. The molecule has 9 heteroatoms. The number of hydrogen-bond donors (Lipinski definition) is 2. The topological polar surface area (TPSA) is 102 Å². The minimum absolute atomic E-state index is 0.121. The smallest absolute Gasteiger partial charge is 0.306 e. The van der Waals surface area contributed by atoms with E-state index in [0.717, 1.165) is 0 Å². The van der Waals surface area contributed by atoms with Crippen LogP contribution in [0.5, 0.6) is 0 Å². The van der Waals surface area contributed by atoms with E-state index in [9.17, 15) is 19.2 Å². The zero-order valence-corrected chi connectivity index (χ0v) is 17.0. The molecule has 0 saturated carbocycles. The van der Waals surface area contributed by atoms with Gasteiger partial charge in [-0.15, -0.1) is 0 Å². The lowest BCUT2D eigenvalue weighted by atomic mass is 10.1. The number of ether oxygens (including phenoxy) is 1. The molecule has 2 amide bonds. The summed E-state index contributed by atoms with van der Waals surface area (Å²) in [6, 6.07) is 11.0. The fraction of sp³-hybridized carbons (Fsp3) is 0.200. The lowest BCUT2D eigenvalue weighted by Gasteiger charge is -2.08. The minimum atomic E-state index is -0.693. The third-order valence-corrected chi connectivity index (χ3v) is 4.42. The van der Waals surface area contributed by atoms with Crippen LogP contribution in [0.3, 0.4) is 0 Å². The summed E-state index contributed by atoms with van der Waals surface area (Å²) in [6.45, 7) is 0.927. The van der Waals surface area contributed by atoms with Crippen LogP contribution in [0.15, 0.2) is 42.5 Å². The summed E-state index contributed by atoms with van der Waals surface area (Å²) in [7, 11) is 0. The molecule has 0 bridgehead atoms. The Morgan fingerprint density at radius 2 is 1.55 bits per heavy atom. The van der Waals surface area contributed by atoms with Crippen molar-refractivity contribution in [1.29, 1.82) is 0 Å². The average molecular weight is 437 g/mol. The van der Waals surface area contributed by atoms with Crippen LogP contribution in [0.2, 0.25) is 10.0 Å². The SMILES string of the molecule is CC(=O)c1cccc(NC(=O)CCC(=O)OCC(=O)Nc2ccc(Cl)c(Cl)c2)c1. The number of rotatable bonds is 8. The van der Waals surface area contributed by atoms with Crippen molar-refractivity contribution >= 4 is 58.1 Å². The van der Waals surface area contributed by atoms with E-state index in [1.807, 2.05) is 0 Å². The van der Waals surface area contributed by atoms with E-state index in [1.165, 1.54) is 19.1 Å². The molecule has 2 N–H and O–H groups in total. The maximum Gasteiger partial charge on any atom is 0.306 e. The fourth-order valence-electron chi connectivity index (χ4n) is 2.24. The van der Waals surface area contributed by atoms with E-state index in [-0.39, 0.29) is 23.6 Å². The Bertz CT molecular complexity index is 946. The molecule has 0 aliphatic rings. The number of carbonyl (C=O) groups excluding carboxylic acids is 4. The van der Waals surface area contributed by atoms with Gasteiger partial charge in [-0.05, 0) is 37.3 Å². The molecule has 0 fully saturated rings. The number of ketones is 1. The molecule has 0 heterocycles. The van der Waals surface area contributed by atoms with Gasteiger partial charge in [0.25, 0.3) is 5.91 Å². The van der Waals surface area contributed by atoms with Crippen molar-refractivity contribution in [3.05, 3.63) is 58.1 Å². The summed E-state index contributed by atoms with van der Waals surface area (Å²) >= 11 is 11.6. The lowest BCUT2D eigenvalue weighted by Crippen LogP contribution is -2.21. The maximum atomic E-state index is 11.9. The average Bonchev–Trinajstić information content (AvgIpc) is 2.68. The second-order valence-corrected chi connectivity index (χ2v) is 6.84. The third kappa shape index (κ3) is 7.56. The summed E-state index contributed by atoms with van der Waals surface area (Å²) in [6.07, 6.45) is -0.324. The highest BCUT2D eigenvalue weighted by atomic mass is 35.5. The van der Waals surface area contributed by atoms with Gasteiger partial charge in [0.05, 0.1) is 16.5 Å². The van der Waals surface area contributed by atoms with Gasteiger partial charge in [0, 0.05) is 23.4 Å². The monoisotopic (exact) mass is 436 g/mol. The molecule has 0 unspecified atom stereocenters. The summed E-state index contributed by atoms with van der Waals surface area (Å²) in [5.41, 5.74) is 1.33. The van der Waals surface area contributed by atoms with Crippen LogP contribution in [0.4, 0.5) is 11.4 Å². The maximum absolute atomic E-state index is 11.9. The molecule has 0 aliphatic heterocycles. The first-order valence-corrected chi connectivity index (χ1v) is 9.31. The van der Waals surface area contributed by atoms with Crippen LogP contribution in [-0.4, -0.2) is 30.2 Å². The van der Waals surface area contributed by atoms with Gasteiger partial charge in [-0.3, -0.25) is 19.2 Å². The van der Waals surface area contributed by atoms with Gasteiger partial charge in [-0.2, -0.15) is 0 Å². The molecule has 0 aromatic heterocycles. The van der Waals surface area contributed by atoms with Crippen molar-refractivity contribution in [3.8, 4) is 0 Å². The second kappa shape index (κ2) is 10.6. The zero-order chi connectivity index (χ0) is 21.4. The first-order chi connectivity index (χ1) is 13.7. The van der Waals surface area contributed by atoms with Gasteiger partial charge in [0.15, 0.2) is 12.4 Å². The number of esters is 1.